The predicted octanol–water partition coefficient (Wildman–Crippen LogP) is 3.00. The Kier molecular flexibility index (Phi) is 5.20. The number of thioether (sulfide) groups is 1. The Balaban J connectivity index is 1.54. The minimum absolute atomic E-state index is 0.140. The second-order valence-corrected chi connectivity index (χ2v) is 8.40. The number of aryl methyl sites for hydroxylation is 1. The van der Waals surface area contributed by atoms with Crippen LogP contribution in [0.4, 0.5) is 0 Å². The van der Waals surface area contributed by atoms with Crippen molar-refractivity contribution in [2.75, 3.05) is 0 Å². The van der Waals surface area contributed by atoms with Crippen LogP contribution in [0.3, 0.4) is 0 Å². The van der Waals surface area contributed by atoms with Crippen LogP contribution in [0.15, 0.2) is 40.3 Å². The fourth-order valence-corrected chi connectivity index (χ4v) is 4.84. The molecule has 0 saturated carbocycles. The zero-order chi connectivity index (χ0) is 20.5. The molecule has 4 aromatic rings. The van der Waals surface area contributed by atoms with Crippen LogP contribution in [-0.2, 0) is 19.2 Å². The van der Waals surface area contributed by atoms with Crippen LogP contribution in [0.2, 0.25) is 0 Å². The van der Waals surface area contributed by atoms with Crippen molar-refractivity contribution >= 4 is 39.3 Å². The molecule has 8 nitrogen and oxygen atoms in total. The molecule has 3 heterocycles. The second-order valence-electron chi connectivity index (χ2n) is 6.46. The number of hydrogen-bond donors (Lipinski definition) is 2. The number of carbonyl (C=O) groups is 1. The number of nitrogens with one attached hydrogen (secondary N) is 1. The van der Waals surface area contributed by atoms with Crippen molar-refractivity contribution in [1.82, 2.24) is 24.7 Å². The van der Waals surface area contributed by atoms with Crippen LogP contribution in [0.1, 0.15) is 32.4 Å². The van der Waals surface area contributed by atoms with E-state index in [9.17, 15) is 14.7 Å². The van der Waals surface area contributed by atoms with Crippen LogP contribution in [0.25, 0.3) is 10.2 Å². The zero-order valence-corrected chi connectivity index (χ0v) is 17.3. The van der Waals surface area contributed by atoms with E-state index >= 15 is 0 Å². The highest BCUT2D eigenvalue weighted by Crippen LogP contribution is 2.28. The van der Waals surface area contributed by atoms with Crippen molar-refractivity contribution in [2.24, 2.45) is 7.05 Å². The number of thiophene rings is 1. The molecule has 0 atom stereocenters. The van der Waals surface area contributed by atoms with Gasteiger partial charge in [-0.15, -0.1) is 21.5 Å². The summed E-state index contributed by atoms with van der Waals surface area (Å²) in [6, 6.07) is 10.0. The fourth-order valence-electron chi connectivity index (χ4n) is 3.00. The van der Waals surface area contributed by atoms with E-state index in [0.29, 0.717) is 38.9 Å². The van der Waals surface area contributed by atoms with Gasteiger partial charge < -0.3 is 14.7 Å². The van der Waals surface area contributed by atoms with Crippen molar-refractivity contribution in [3.8, 4) is 0 Å². The van der Waals surface area contributed by atoms with E-state index in [4.69, 9.17) is 0 Å². The quantitative estimate of drug-likeness (QED) is 0.455. The Labute approximate surface area is 173 Å². The standard InChI is InChI=1S/C19H17N5O3S2/c1-10-14-16(25)20-12(21-17(14)29-15(10)18(26)27)9-28-19-23-22-13(24(19)2)8-11-6-4-3-5-7-11/h3-7H,8-9H2,1-2H3,(H,26,27)(H,20,21,25). The van der Waals surface area contributed by atoms with Gasteiger partial charge in [0.25, 0.3) is 5.56 Å². The lowest BCUT2D eigenvalue weighted by Gasteiger charge is -2.04. The van der Waals surface area contributed by atoms with Crippen molar-refractivity contribution in [2.45, 2.75) is 24.3 Å². The fraction of sp³-hybridized carbons (Fsp3) is 0.211. The molecule has 29 heavy (non-hydrogen) atoms. The second kappa shape index (κ2) is 7.80. The average molecular weight is 428 g/mol. The molecule has 10 heteroatoms. The molecule has 3 aromatic heterocycles. The topological polar surface area (TPSA) is 114 Å². The minimum Gasteiger partial charge on any atom is -0.477 e. The Bertz CT molecular complexity index is 1260. The lowest BCUT2D eigenvalue weighted by molar-refractivity contribution is 0.0701. The number of H-pyrrole nitrogens is 1. The Morgan fingerprint density at radius 2 is 2.03 bits per heavy atom. The number of fused-ring (bicyclic) bond motifs is 1. The van der Waals surface area contributed by atoms with Gasteiger partial charge in [0.1, 0.15) is 21.4 Å². The molecule has 0 unspecified atom stereocenters. The number of benzene rings is 1. The summed E-state index contributed by atoms with van der Waals surface area (Å²) in [5.41, 5.74) is 1.28. The van der Waals surface area contributed by atoms with E-state index in [1.165, 1.54) is 11.8 Å². The highest BCUT2D eigenvalue weighted by atomic mass is 32.2. The maximum atomic E-state index is 12.4. The summed E-state index contributed by atoms with van der Waals surface area (Å²) in [5.74, 6) is 0.654. The number of aromatic carboxylic acids is 1. The average Bonchev–Trinajstić information content (AvgIpc) is 3.21. The number of aromatic amines is 1. The van der Waals surface area contributed by atoms with E-state index < -0.39 is 5.97 Å². The summed E-state index contributed by atoms with van der Waals surface area (Å²) in [5, 5.41) is 18.8. The SMILES string of the molecule is Cc1c(C(=O)O)sc2nc(CSc3nnc(Cc4ccccc4)n3C)[nH]c(=O)c12. The molecule has 2 N–H and O–H groups in total. The molecule has 0 aliphatic heterocycles. The van der Waals surface area contributed by atoms with Crippen LogP contribution in [0.5, 0.6) is 0 Å². The smallest absolute Gasteiger partial charge is 0.346 e. The maximum Gasteiger partial charge on any atom is 0.346 e. The predicted molar refractivity (Wildman–Crippen MR) is 112 cm³/mol. The summed E-state index contributed by atoms with van der Waals surface area (Å²) >= 11 is 2.43. The van der Waals surface area contributed by atoms with Gasteiger partial charge in [0.05, 0.1) is 11.1 Å². The lowest BCUT2D eigenvalue weighted by Crippen LogP contribution is -2.11. The first-order valence-electron chi connectivity index (χ1n) is 8.74. The van der Waals surface area contributed by atoms with E-state index in [-0.39, 0.29) is 10.4 Å². The Morgan fingerprint density at radius 3 is 2.76 bits per heavy atom. The van der Waals surface area contributed by atoms with Gasteiger partial charge in [0.15, 0.2) is 5.16 Å². The van der Waals surface area contributed by atoms with Crippen LogP contribution >= 0.6 is 23.1 Å². The third-order valence-electron chi connectivity index (χ3n) is 4.51. The molecule has 0 bridgehead atoms. The highest BCUT2D eigenvalue weighted by Gasteiger charge is 2.19. The summed E-state index contributed by atoms with van der Waals surface area (Å²) in [6.07, 6.45) is 0.679. The number of aromatic nitrogens is 5. The van der Waals surface area contributed by atoms with Crippen molar-refractivity contribution in [3.63, 3.8) is 0 Å². The van der Waals surface area contributed by atoms with Crippen LogP contribution in [-0.4, -0.2) is 35.8 Å². The van der Waals surface area contributed by atoms with Crippen LogP contribution in [0, 0.1) is 6.92 Å². The molecule has 0 aliphatic carbocycles. The Morgan fingerprint density at radius 1 is 1.28 bits per heavy atom. The summed E-state index contributed by atoms with van der Waals surface area (Å²) in [4.78, 5) is 31.5. The summed E-state index contributed by atoms with van der Waals surface area (Å²) in [7, 11) is 1.90. The highest BCUT2D eigenvalue weighted by molar-refractivity contribution is 7.98. The van der Waals surface area contributed by atoms with Crippen molar-refractivity contribution in [1.29, 1.82) is 0 Å². The largest absolute Gasteiger partial charge is 0.477 e. The molecule has 0 amide bonds. The molecule has 1 aromatic carbocycles. The van der Waals surface area contributed by atoms with Crippen LogP contribution < -0.4 is 5.56 Å². The zero-order valence-electron chi connectivity index (χ0n) is 15.7. The van der Waals surface area contributed by atoms with Gasteiger partial charge in [-0.1, -0.05) is 42.1 Å². The van der Waals surface area contributed by atoms with E-state index in [1.54, 1.807) is 6.92 Å². The summed E-state index contributed by atoms with van der Waals surface area (Å²) in [6.45, 7) is 1.63. The molecule has 0 aliphatic rings. The first kappa shape index (κ1) is 19.3. The van der Waals surface area contributed by atoms with Gasteiger partial charge in [-0.3, -0.25) is 4.79 Å². The lowest BCUT2D eigenvalue weighted by atomic mass is 10.1. The van der Waals surface area contributed by atoms with Gasteiger partial charge in [0, 0.05) is 13.5 Å². The molecule has 0 radical (unpaired) electrons. The third kappa shape index (κ3) is 3.81. The molecule has 0 spiro atoms. The molecule has 148 valence electrons. The molecule has 0 fully saturated rings. The van der Waals surface area contributed by atoms with Gasteiger partial charge in [-0.05, 0) is 18.1 Å². The number of hydrogen-bond acceptors (Lipinski definition) is 7. The van der Waals surface area contributed by atoms with E-state index in [1.807, 2.05) is 41.9 Å². The van der Waals surface area contributed by atoms with Gasteiger partial charge >= 0.3 is 5.97 Å². The minimum atomic E-state index is -1.05. The monoisotopic (exact) mass is 427 g/mol. The Hall–Kier alpha value is -2.98. The van der Waals surface area contributed by atoms with E-state index in [2.05, 4.69) is 20.2 Å². The third-order valence-corrected chi connectivity index (χ3v) is 6.72. The number of rotatable bonds is 6. The molecular weight excluding hydrogens is 410 g/mol. The first-order chi connectivity index (χ1) is 13.9. The van der Waals surface area contributed by atoms with Gasteiger partial charge in [-0.2, -0.15) is 0 Å². The number of carboxylic acids is 1. The van der Waals surface area contributed by atoms with Gasteiger partial charge in [-0.25, -0.2) is 9.78 Å². The molecule has 0 saturated heterocycles. The maximum absolute atomic E-state index is 12.4. The number of carboxylic acid groups (broad SMARTS) is 1. The van der Waals surface area contributed by atoms with Gasteiger partial charge in [0.2, 0.25) is 0 Å². The van der Waals surface area contributed by atoms with Crippen molar-refractivity contribution < 1.29 is 9.90 Å². The van der Waals surface area contributed by atoms with Crippen molar-refractivity contribution in [3.05, 3.63) is 68.3 Å². The summed E-state index contributed by atoms with van der Waals surface area (Å²) < 4.78 is 1.92. The first-order valence-corrected chi connectivity index (χ1v) is 10.5. The number of nitrogens with zero attached hydrogens (tertiary/aromatic N) is 4. The molecular formula is C19H17N5O3S2. The van der Waals surface area contributed by atoms with E-state index in [0.717, 1.165) is 22.7 Å². The molecule has 4 rings (SSSR count). The normalized spacial score (nSPS) is 11.2.